The molecule has 122 valence electrons. The largest absolute Gasteiger partial charge is 0.505 e. The number of phenolic OH excluding ortho intramolecular Hbond substituents is 1. The van der Waals surface area contributed by atoms with E-state index in [-0.39, 0.29) is 17.5 Å². The van der Waals surface area contributed by atoms with Gasteiger partial charge in [-0.3, -0.25) is 9.78 Å². The number of nitrogens with zero attached hydrogens (tertiary/aromatic N) is 1. The second kappa shape index (κ2) is 7.26. The molecule has 1 heterocycles. The third kappa shape index (κ3) is 3.30. The molecule has 0 saturated carbocycles. The molecule has 0 aliphatic rings. The molecule has 0 fully saturated rings. The molecule has 0 radical (unpaired) electrons. The van der Waals surface area contributed by atoms with Gasteiger partial charge in [-0.1, -0.05) is 55.5 Å². The van der Waals surface area contributed by atoms with Crippen molar-refractivity contribution in [2.45, 2.75) is 32.1 Å². The fourth-order valence-corrected chi connectivity index (χ4v) is 3.13. The van der Waals surface area contributed by atoms with Gasteiger partial charge in [-0.25, -0.2) is 0 Å². The molecule has 24 heavy (non-hydrogen) atoms. The molecule has 0 bridgehead atoms. The SMILES string of the molecule is CCCC(=O)CC(c1ccccc1)c1ccc2cccnc2c1O. The van der Waals surface area contributed by atoms with E-state index in [9.17, 15) is 9.90 Å². The van der Waals surface area contributed by atoms with E-state index >= 15 is 0 Å². The number of hydrogen-bond donors (Lipinski definition) is 1. The van der Waals surface area contributed by atoms with Crippen LogP contribution in [-0.2, 0) is 4.79 Å². The van der Waals surface area contributed by atoms with Crippen LogP contribution in [0.25, 0.3) is 10.9 Å². The Balaban J connectivity index is 2.08. The van der Waals surface area contributed by atoms with Crippen molar-refractivity contribution in [1.29, 1.82) is 0 Å². The van der Waals surface area contributed by atoms with Crippen LogP contribution in [0.1, 0.15) is 43.2 Å². The van der Waals surface area contributed by atoms with E-state index in [2.05, 4.69) is 4.98 Å². The van der Waals surface area contributed by atoms with Gasteiger partial charge < -0.3 is 5.11 Å². The molecule has 1 atom stereocenters. The summed E-state index contributed by atoms with van der Waals surface area (Å²) in [6, 6.07) is 17.5. The van der Waals surface area contributed by atoms with Gasteiger partial charge in [0.1, 0.15) is 17.0 Å². The highest BCUT2D eigenvalue weighted by Crippen LogP contribution is 2.37. The summed E-state index contributed by atoms with van der Waals surface area (Å²) in [5, 5.41) is 11.6. The molecule has 3 nitrogen and oxygen atoms in total. The number of aromatic nitrogens is 1. The molecule has 0 spiro atoms. The quantitative estimate of drug-likeness (QED) is 0.708. The highest BCUT2D eigenvalue weighted by Gasteiger charge is 2.22. The maximum absolute atomic E-state index is 12.3. The standard InChI is InChI=1S/C21H21NO2/c1-2-7-17(23)14-19(15-8-4-3-5-9-15)18-12-11-16-10-6-13-22-20(16)21(18)24/h3-6,8-13,19,24H,2,7,14H2,1H3. The third-order valence-corrected chi connectivity index (χ3v) is 4.32. The van der Waals surface area contributed by atoms with Gasteiger partial charge in [-0.2, -0.15) is 0 Å². The lowest BCUT2D eigenvalue weighted by Crippen LogP contribution is -2.09. The molecule has 0 aliphatic heterocycles. The Kier molecular flexibility index (Phi) is 4.90. The van der Waals surface area contributed by atoms with Crippen LogP contribution >= 0.6 is 0 Å². The van der Waals surface area contributed by atoms with Crippen molar-refractivity contribution in [2.75, 3.05) is 0 Å². The highest BCUT2D eigenvalue weighted by molar-refractivity contribution is 5.86. The molecule has 2 aromatic carbocycles. The topological polar surface area (TPSA) is 50.2 Å². The Morgan fingerprint density at radius 3 is 2.62 bits per heavy atom. The first kappa shape index (κ1) is 16.2. The third-order valence-electron chi connectivity index (χ3n) is 4.32. The van der Waals surface area contributed by atoms with Gasteiger partial charge in [0.05, 0.1) is 0 Å². The van der Waals surface area contributed by atoms with Crippen LogP contribution in [0.4, 0.5) is 0 Å². The summed E-state index contributed by atoms with van der Waals surface area (Å²) in [7, 11) is 0. The predicted molar refractivity (Wildman–Crippen MR) is 96.2 cm³/mol. The molecular weight excluding hydrogens is 298 g/mol. The summed E-state index contributed by atoms with van der Waals surface area (Å²) < 4.78 is 0. The molecule has 3 aromatic rings. The van der Waals surface area contributed by atoms with Gasteiger partial charge in [0.2, 0.25) is 0 Å². The monoisotopic (exact) mass is 319 g/mol. The molecule has 1 aromatic heterocycles. The zero-order chi connectivity index (χ0) is 16.9. The molecule has 0 aliphatic carbocycles. The number of aromatic hydroxyl groups is 1. The second-order valence-corrected chi connectivity index (χ2v) is 6.03. The smallest absolute Gasteiger partial charge is 0.145 e. The van der Waals surface area contributed by atoms with Gasteiger partial charge >= 0.3 is 0 Å². The lowest BCUT2D eigenvalue weighted by atomic mass is 9.85. The van der Waals surface area contributed by atoms with Gasteiger partial charge in [-0.15, -0.1) is 0 Å². The Labute approximate surface area is 142 Å². The van der Waals surface area contributed by atoms with Crippen LogP contribution in [-0.4, -0.2) is 15.9 Å². The van der Waals surface area contributed by atoms with Crippen LogP contribution in [0, 0.1) is 0 Å². The number of ketones is 1. The molecular formula is C21H21NO2. The van der Waals surface area contributed by atoms with E-state index in [0.717, 1.165) is 22.9 Å². The number of rotatable bonds is 6. The lowest BCUT2D eigenvalue weighted by molar-refractivity contribution is -0.119. The first-order valence-corrected chi connectivity index (χ1v) is 8.34. The zero-order valence-electron chi connectivity index (χ0n) is 13.8. The summed E-state index contributed by atoms with van der Waals surface area (Å²) in [5.74, 6) is 0.231. The van der Waals surface area contributed by atoms with Gasteiger partial charge in [0, 0.05) is 35.9 Å². The molecule has 3 rings (SSSR count). The summed E-state index contributed by atoms with van der Waals surface area (Å²) in [5.41, 5.74) is 2.38. The van der Waals surface area contributed by atoms with Crippen molar-refractivity contribution in [2.24, 2.45) is 0 Å². The fourth-order valence-electron chi connectivity index (χ4n) is 3.13. The fraction of sp³-hybridized carbons (Fsp3) is 0.238. The van der Waals surface area contributed by atoms with Crippen LogP contribution in [0.15, 0.2) is 60.8 Å². The molecule has 0 amide bonds. The van der Waals surface area contributed by atoms with E-state index in [0.29, 0.717) is 18.4 Å². The minimum atomic E-state index is -0.156. The average molecular weight is 319 g/mol. The minimum Gasteiger partial charge on any atom is -0.505 e. The van der Waals surface area contributed by atoms with Crippen molar-refractivity contribution in [3.63, 3.8) is 0 Å². The van der Waals surface area contributed by atoms with E-state index in [1.54, 1.807) is 6.20 Å². The number of pyridine rings is 1. The number of benzene rings is 2. The summed E-state index contributed by atoms with van der Waals surface area (Å²) in [4.78, 5) is 16.6. The number of phenols is 1. The predicted octanol–water partition coefficient (Wildman–Crippen LogP) is 4.83. The van der Waals surface area contributed by atoms with Gasteiger partial charge in [0.15, 0.2) is 0 Å². The molecule has 1 unspecified atom stereocenters. The van der Waals surface area contributed by atoms with Crippen LogP contribution in [0.3, 0.4) is 0 Å². The van der Waals surface area contributed by atoms with E-state index < -0.39 is 0 Å². The Morgan fingerprint density at radius 1 is 1.08 bits per heavy atom. The number of carbonyl (C=O) groups is 1. The first-order chi connectivity index (χ1) is 11.7. The number of hydrogen-bond acceptors (Lipinski definition) is 3. The Hall–Kier alpha value is -2.68. The Morgan fingerprint density at radius 2 is 1.88 bits per heavy atom. The van der Waals surface area contributed by atoms with Crippen molar-refractivity contribution < 1.29 is 9.90 Å². The first-order valence-electron chi connectivity index (χ1n) is 8.34. The highest BCUT2D eigenvalue weighted by atomic mass is 16.3. The zero-order valence-corrected chi connectivity index (χ0v) is 13.8. The number of Topliss-reactive ketones (excluding diaryl/α,β-unsaturated/α-hetero) is 1. The summed E-state index contributed by atoms with van der Waals surface area (Å²) in [6.45, 7) is 2.01. The molecule has 1 N–H and O–H groups in total. The average Bonchev–Trinajstić information content (AvgIpc) is 2.62. The normalized spacial score (nSPS) is 12.2. The van der Waals surface area contributed by atoms with E-state index in [1.807, 2.05) is 61.5 Å². The molecule has 3 heteroatoms. The van der Waals surface area contributed by atoms with Crippen molar-refractivity contribution in [3.05, 3.63) is 71.9 Å². The lowest BCUT2D eigenvalue weighted by Gasteiger charge is -2.19. The Bertz CT molecular complexity index is 843. The van der Waals surface area contributed by atoms with E-state index in [1.165, 1.54) is 0 Å². The second-order valence-electron chi connectivity index (χ2n) is 6.03. The number of carbonyl (C=O) groups excluding carboxylic acids is 1. The van der Waals surface area contributed by atoms with Crippen LogP contribution < -0.4 is 0 Å². The van der Waals surface area contributed by atoms with Crippen molar-refractivity contribution in [3.8, 4) is 5.75 Å². The van der Waals surface area contributed by atoms with Crippen LogP contribution in [0.5, 0.6) is 5.75 Å². The van der Waals surface area contributed by atoms with E-state index in [4.69, 9.17) is 0 Å². The van der Waals surface area contributed by atoms with Crippen molar-refractivity contribution >= 4 is 16.7 Å². The van der Waals surface area contributed by atoms with Crippen LogP contribution in [0.2, 0.25) is 0 Å². The summed E-state index contributed by atoms with van der Waals surface area (Å²) in [6.07, 6.45) is 3.47. The van der Waals surface area contributed by atoms with Gasteiger partial charge in [0.25, 0.3) is 0 Å². The number of fused-ring (bicyclic) bond motifs is 1. The summed E-state index contributed by atoms with van der Waals surface area (Å²) >= 11 is 0. The minimum absolute atomic E-state index is 0.156. The molecule has 0 saturated heterocycles. The van der Waals surface area contributed by atoms with Gasteiger partial charge in [-0.05, 0) is 18.1 Å². The maximum Gasteiger partial charge on any atom is 0.145 e. The maximum atomic E-state index is 12.3. The van der Waals surface area contributed by atoms with Crippen molar-refractivity contribution in [1.82, 2.24) is 4.98 Å².